The highest BCUT2D eigenvalue weighted by Gasteiger charge is 2.51. The maximum Gasteiger partial charge on any atom is 0.407 e. The number of aromatic nitrogens is 2. The lowest BCUT2D eigenvalue weighted by molar-refractivity contribution is -0.124. The quantitative estimate of drug-likeness (QED) is 0.231. The molecule has 5 fully saturated rings. The van der Waals surface area contributed by atoms with Gasteiger partial charge in [0.2, 0.25) is 5.91 Å². The number of ether oxygens (including phenoxy) is 3. The average Bonchev–Trinajstić information content (AvgIpc) is 3.65. The summed E-state index contributed by atoms with van der Waals surface area (Å²) in [4.78, 5) is 38.7. The van der Waals surface area contributed by atoms with E-state index in [0.29, 0.717) is 63.6 Å². The number of fused-ring (bicyclic) bond motifs is 3. The van der Waals surface area contributed by atoms with E-state index in [1.165, 1.54) is 11.1 Å². The maximum absolute atomic E-state index is 14.6. The third kappa shape index (κ3) is 7.27. The highest BCUT2D eigenvalue weighted by molar-refractivity contribution is 5.95. The topological polar surface area (TPSA) is 116 Å². The Morgan fingerprint density at radius 3 is 2.38 bits per heavy atom. The zero-order valence-corrected chi connectivity index (χ0v) is 29.9. The van der Waals surface area contributed by atoms with Crippen LogP contribution in [0.5, 0.6) is 5.75 Å². The van der Waals surface area contributed by atoms with E-state index in [-0.39, 0.29) is 40.9 Å². The number of methoxy groups -OCH3 is 1. The van der Waals surface area contributed by atoms with Gasteiger partial charge in [0.25, 0.3) is 0 Å². The fraction of sp³-hybridized carbons (Fsp3) is 0.600. The number of anilines is 1. The number of hydrogen-bond donors (Lipinski definition) is 1. The van der Waals surface area contributed by atoms with E-state index in [9.17, 15) is 9.59 Å². The molecule has 268 valence electrons. The number of carbonyl (C=O) groups excluding carboxylic acids is 2. The number of rotatable bonds is 10. The summed E-state index contributed by atoms with van der Waals surface area (Å²) in [5.41, 5.74) is 4.48. The van der Waals surface area contributed by atoms with Gasteiger partial charge < -0.3 is 23.9 Å². The Labute approximate surface area is 295 Å². The van der Waals surface area contributed by atoms with E-state index < -0.39 is 0 Å². The standard InChI is InChI=1S/C40H52N4O6/c1-4-36-43-33(25-49-36)29-11-20-41-35(24-29)44(37(45)28-5-8-32(9-6-28)50-38(46)42-31-12-21-48-22-13-31)26-39-14-17-40(18-15-39,19-16-39)30-7-10-34(47-3)27(2)23-30/h7,10-11,20,23-25,28,31-32H,4-6,8-9,12-19,21-22,26H2,1-3H3,(H,42,46). The van der Waals surface area contributed by atoms with Gasteiger partial charge in [-0.3, -0.25) is 9.69 Å². The molecule has 5 aliphatic rings. The Morgan fingerprint density at radius 1 is 0.980 bits per heavy atom. The predicted molar refractivity (Wildman–Crippen MR) is 190 cm³/mol. The first-order valence-electron chi connectivity index (χ1n) is 18.7. The van der Waals surface area contributed by atoms with Gasteiger partial charge in [-0.2, -0.15) is 0 Å². The van der Waals surface area contributed by atoms with Gasteiger partial charge in [-0.1, -0.05) is 19.1 Å². The van der Waals surface area contributed by atoms with Gasteiger partial charge in [0.15, 0.2) is 5.89 Å². The minimum absolute atomic E-state index is 0.0441. The van der Waals surface area contributed by atoms with Gasteiger partial charge in [0.05, 0.1) is 7.11 Å². The number of carbonyl (C=O) groups is 2. The number of nitrogens with one attached hydrogen (secondary N) is 1. The van der Waals surface area contributed by atoms with Crippen molar-refractivity contribution >= 4 is 17.8 Å². The van der Waals surface area contributed by atoms with Crippen LogP contribution in [0.2, 0.25) is 0 Å². The van der Waals surface area contributed by atoms with Crippen molar-refractivity contribution in [1.82, 2.24) is 15.3 Å². The molecule has 0 atom stereocenters. The highest BCUT2D eigenvalue weighted by atomic mass is 16.6. The number of benzene rings is 1. The zero-order valence-electron chi connectivity index (χ0n) is 29.9. The fourth-order valence-electron chi connectivity index (χ4n) is 8.92. The minimum Gasteiger partial charge on any atom is -0.496 e. The molecule has 1 saturated heterocycles. The van der Waals surface area contributed by atoms with Crippen LogP contribution in [0.3, 0.4) is 0 Å². The number of amides is 2. The average molecular weight is 685 g/mol. The molecule has 1 aliphatic heterocycles. The number of nitrogens with zero attached hydrogens (tertiary/aromatic N) is 3. The van der Waals surface area contributed by atoms with Crippen molar-refractivity contribution in [2.24, 2.45) is 11.3 Å². The summed E-state index contributed by atoms with van der Waals surface area (Å²) < 4.78 is 22.4. The van der Waals surface area contributed by atoms with E-state index in [2.05, 4.69) is 35.4 Å². The lowest BCUT2D eigenvalue weighted by Gasteiger charge is -2.55. The molecule has 0 unspecified atom stereocenters. The monoisotopic (exact) mass is 684 g/mol. The molecule has 50 heavy (non-hydrogen) atoms. The molecule has 2 bridgehead atoms. The van der Waals surface area contributed by atoms with Crippen molar-refractivity contribution in [3.05, 3.63) is 59.8 Å². The molecule has 2 aromatic heterocycles. The zero-order chi connectivity index (χ0) is 34.7. The van der Waals surface area contributed by atoms with Gasteiger partial charge in [0.1, 0.15) is 29.6 Å². The summed E-state index contributed by atoms with van der Waals surface area (Å²) in [6.07, 6.45) is 14.5. The summed E-state index contributed by atoms with van der Waals surface area (Å²) >= 11 is 0. The highest BCUT2D eigenvalue weighted by Crippen LogP contribution is 2.58. The van der Waals surface area contributed by atoms with Crippen molar-refractivity contribution in [3.8, 4) is 17.0 Å². The second kappa shape index (κ2) is 14.7. The molecule has 10 nitrogen and oxygen atoms in total. The molecule has 10 heteroatoms. The van der Waals surface area contributed by atoms with Gasteiger partial charge in [0, 0.05) is 49.9 Å². The van der Waals surface area contributed by atoms with Crippen LogP contribution in [0.4, 0.5) is 10.6 Å². The predicted octanol–water partition coefficient (Wildman–Crippen LogP) is 7.71. The van der Waals surface area contributed by atoms with Gasteiger partial charge in [-0.05, 0) is 124 Å². The SMILES string of the molecule is CCc1nc(-c2ccnc(N(CC34CCC(c5ccc(OC)c(C)c5)(CC3)CC4)C(=O)C3CCC(OC(=O)NC4CCOCC4)CC3)c2)co1. The van der Waals surface area contributed by atoms with Crippen LogP contribution in [0.1, 0.15) is 101 Å². The van der Waals surface area contributed by atoms with Gasteiger partial charge in [-0.25, -0.2) is 14.8 Å². The van der Waals surface area contributed by atoms with Gasteiger partial charge >= 0.3 is 6.09 Å². The molecule has 0 spiro atoms. The lowest BCUT2D eigenvalue weighted by atomic mass is 9.51. The second-order valence-corrected chi connectivity index (χ2v) is 15.2. The third-order valence-corrected chi connectivity index (χ3v) is 12.2. The largest absolute Gasteiger partial charge is 0.496 e. The number of pyridine rings is 1. The van der Waals surface area contributed by atoms with Crippen molar-refractivity contribution in [2.45, 2.75) is 115 Å². The molecule has 0 radical (unpaired) electrons. The molecule has 8 rings (SSSR count). The molecule has 4 aliphatic carbocycles. The van der Waals surface area contributed by atoms with Crippen molar-refractivity contribution in [1.29, 1.82) is 0 Å². The van der Waals surface area contributed by atoms with Crippen LogP contribution in [0.25, 0.3) is 11.3 Å². The Morgan fingerprint density at radius 2 is 1.72 bits per heavy atom. The summed E-state index contributed by atoms with van der Waals surface area (Å²) in [5, 5.41) is 3.00. The summed E-state index contributed by atoms with van der Waals surface area (Å²) in [6.45, 7) is 6.13. The second-order valence-electron chi connectivity index (χ2n) is 15.2. The van der Waals surface area contributed by atoms with Crippen molar-refractivity contribution < 1.29 is 28.2 Å². The Bertz CT molecular complexity index is 1630. The molecule has 1 N–H and O–H groups in total. The molecule has 4 saturated carbocycles. The van der Waals surface area contributed by atoms with Crippen LogP contribution in [0.15, 0.2) is 47.2 Å². The Hall–Kier alpha value is -3.92. The molecule has 3 aromatic rings. The molecular formula is C40H52N4O6. The molecule has 3 heterocycles. The number of aryl methyl sites for hydroxylation is 2. The lowest BCUT2D eigenvalue weighted by Crippen LogP contribution is -2.52. The van der Waals surface area contributed by atoms with E-state index >= 15 is 0 Å². The Kier molecular flexibility index (Phi) is 10.2. The smallest absolute Gasteiger partial charge is 0.407 e. The minimum atomic E-state index is -0.358. The van der Waals surface area contributed by atoms with Crippen LogP contribution < -0.4 is 15.0 Å². The van der Waals surface area contributed by atoms with Crippen molar-refractivity contribution in [2.75, 3.05) is 31.8 Å². The van der Waals surface area contributed by atoms with Crippen molar-refractivity contribution in [3.63, 3.8) is 0 Å². The first-order valence-corrected chi connectivity index (χ1v) is 18.7. The Balaban J connectivity index is 1.07. The summed E-state index contributed by atoms with van der Waals surface area (Å²) in [7, 11) is 1.73. The summed E-state index contributed by atoms with van der Waals surface area (Å²) in [5.74, 6) is 2.26. The van der Waals surface area contributed by atoms with E-state index in [0.717, 1.165) is 68.4 Å². The van der Waals surface area contributed by atoms with Crippen LogP contribution in [-0.2, 0) is 26.1 Å². The van der Waals surface area contributed by atoms with Gasteiger partial charge in [-0.15, -0.1) is 0 Å². The van der Waals surface area contributed by atoms with E-state index in [4.69, 9.17) is 23.6 Å². The number of alkyl carbamates (subject to hydrolysis) is 1. The molecule has 2 amide bonds. The van der Waals surface area contributed by atoms with E-state index in [1.807, 2.05) is 24.0 Å². The fourth-order valence-corrected chi connectivity index (χ4v) is 8.92. The van der Waals surface area contributed by atoms with Crippen LogP contribution >= 0.6 is 0 Å². The van der Waals surface area contributed by atoms with Crippen LogP contribution in [-0.4, -0.2) is 61.0 Å². The van der Waals surface area contributed by atoms with Crippen LogP contribution in [0, 0.1) is 18.3 Å². The molecule has 1 aromatic carbocycles. The number of oxazole rings is 1. The summed E-state index contributed by atoms with van der Waals surface area (Å²) in [6, 6.07) is 10.7. The first kappa shape index (κ1) is 34.5. The molecular weight excluding hydrogens is 632 g/mol. The third-order valence-electron chi connectivity index (χ3n) is 12.2. The van der Waals surface area contributed by atoms with E-state index in [1.54, 1.807) is 19.6 Å². The maximum atomic E-state index is 14.6. The normalized spacial score (nSPS) is 26.7. The number of hydrogen-bond acceptors (Lipinski definition) is 8. The first-order chi connectivity index (χ1) is 24.3.